The number of sulfonamides is 1. The zero-order valence-electron chi connectivity index (χ0n) is 17.9. The van der Waals surface area contributed by atoms with Crippen molar-refractivity contribution in [2.24, 2.45) is 0 Å². The van der Waals surface area contributed by atoms with Crippen LogP contribution in [0.3, 0.4) is 0 Å². The first-order chi connectivity index (χ1) is 13.5. The van der Waals surface area contributed by atoms with Crippen LogP contribution in [0.25, 0.3) is 0 Å². The largest absolute Gasteiger partial charge is 0.491 e. The van der Waals surface area contributed by atoms with E-state index in [9.17, 15) is 13.2 Å². The molecule has 0 fully saturated rings. The average molecular weight is 419 g/mol. The fourth-order valence-electron chi connectivity index (χ4n) is 3.25. The zero-order chi connectivity index (χ0) is 21.8. The molecule has 0 aliphatic rings. The monoisotopic (exact) mass is 418 g/mol. The number of hydrogen-bond acceptors (Lipinski definition) is 4. The molecule has 0 heterocycles. The van der Waals surface area contributed by atoms with Gasteiger partial charge >= 0.3 is 0 Å². The van der Waals surface area contributed by atoms with E-state index in [4.69, 9.17) is 4.74 Å². The van der Waals surface area contributed by atoms with Gasteiger partial charge in [0.15, 0.2) is 0 Å². The number of ether oxygens (including phenoxy) is 1. The molecule has 158 valence electrons. The van der Waals surface area contributed by atoms with Crippen LogP contribution in [0.2, 0.25) is 0 Å². The molecule has 7 heteroatoms. The summed E-state index contributed by atoms with van der Waals surface area (Å²) in [6, 6.07) is 11.7. The van der Waals surface area contributed by atoms with E-state index < -0.39 is 16.1 Å². The van der Waals surface area contributed by atoms with Crippen molar-refractivity contribution >= 4 is 27.3 Å². The first-order valence-electron chi connectivity index (χ1n) is 9.66. The number of hydrogen-bond donors (Lipinski definition) is 1. The van der Waals surface area contributed by atoms with E-state index >= 15 is 0 Å². The second kappa shape index (κ2) is 9.31. The lowest BCUT2D eigenvalue weighted by Crippen LogP contribution is -2.47. The number of carbonyl (C=O) groups excluding carboxylic acids is 1. The molecule has 0 aromatic heterocycles. The minimum Gasteiger partial charge on any atom is -0.491 e. The van der Waals surface area contributed by atoms with Crippen LogP contribution in [-0.2, 0) is 14.8 Å². The number of carbonyl (C=O) groups is 1. The van der Waals surface area contributed by atoms with Crippen LogP contribution in [0.1, 0.15) is 38.3 Å². The van der Waals surface area contributed by atoms with E-state index in [-0.39, 0.29) is 12.0 Å². The van der Waals surface area contributed by atoms with Crippen LogP contribution in [0.15, 0.2) is 42.5 Å². The molecule has 0 spiro atoms. The molecule has 2 rings (SSSR count). The molecule has 29 heavy (non-hydrogen) atoms. The maximum Gasteiger partial charge on any atom is 0.248 e. The van der Waals surface area contributed by atoms with Crippen LogP contribution in [0.4, 0.5) is 11.4 Å². The predicted octanol–water partition coefficient (Wildman–Crippen LogP) is 4.27. The summed E-state index contributed by atoms with van der Waals surface area (Å²) in [6.07, 6.45) is 1.51. The fraction of sp³-hybridized carbons (Fsp3) is 0.409. The first-order valence-corrected chi connectivity index (χ1v) is 11.5. The molecule has 6 nitrogen and oxygen atoms in total. The van der Waals surface area contributed by atoms with E-state index in [0.29, 0.717) is 23.5 Å². The van der Waals surface area contributed by atoms with Gasteiger partial charge in [-0.2, -0.15) is 0 Å². The molecule has 0 bridgehead atoms. The average Bonchev–Trinajstić information content (AvgIpc) is 2.58. The van der Waals surface area contributed by atoms with Gasteiger partial charge in [-0.25, -0.2) is 8.42 Å². The Morgan fingerprint density at radius 3 is 2.07 bits per heavy atom. The Labute approximate surface area is 173 Å². The SMILES string of the molecule is CC[C@@H](C(=O)Nc1ccc(OC(C)C)cc1)N(c1cc(C)cc(C)c1)S(C)(=O)=O. The Morgan fingerprint density at radius 1 is 1.07 bits per heavy atom. The van der Waals surface area contributed by atoms with Crippen molar-refractivity contribution in [3.63, 3.8) is 0 Å². The molecule has 0 unspecified atom stereocenters. The third-order valence-corrected chi connectivity index (χ3v) is 5.46. The summed E-state index contributed by atoms with van der Waals surface area (Å²) in [5.41, 5.74) is 2.94. The summed E-state index contributed by atoms with van der Waals surface area (Å²) < 4.78 is 32.0. The van der Waals surface area contributed by atoms with Crippen LogP contribution < -0.4 is 14.4 Å². The molecular weight excluding hydrogens is 388 g/mol. The number of nitrogens with one attached hydrogen (secondary N) is 1. The van der Waals surface area contributed by atoms with Crippen molar-refractivity contribution in [1.29, 1.82) is 0 Å². The third kappa shape index (κ3) is 6.22. The lowest BCUT2D eigenvalue weighted by atomic mass is 10.1. The molecule has 0 saturated heterocycles. The maximum atomic E-state index is 13.0. The van der Waals surface area contributed by atoms with Gasteiger partial charge in [0.2, 0.25) is 15.9 Å². The molecule has 2 aromatic rings. The van der Waals surface area contributed by atoms with Crippen molar-refractivity contribution in [1.82, 2.24) is 0 Å². The van der Waals surface area contributed by atoms with E-state index in [1.54, 1.807) is 43.3 Å². The van der Waals surface area contributed by atoms with Crippen LogP contribution in [0, 0.1) is 13.8 Å². The van der Waals surface area contributed by atoms with Crippen LogP contribution in [-0.4, -0.2) is 32.7 Å². The zero-order valence-corrected chi connectivity index (χ0v) is 18.7. The number of nitrogens with zero attached hydrogens (tertiary/aromatic N) is 1. The Morgan fingerprint density at radius 2 is 1.62 bits per heavy atom. The maximum absolute atomic E-state index is 13.0. The predicted molar refractivity (Wildman–Crippen MR) is 118 cm³/mol. The number of rotatable bonds is 8. The topological polar surface area (TPSA) is 75.7 Å². The highest BCUT2D eigenvalue weighted by Gasteiger charge is 2.31. The minimum atomic E-state index is -3.67. The second-order valence-corrected chi connectivity index (χ2v) is 9.37. The van der Waals surface area contributed by atoms with E-state index in [0.717, 1.165) is 17.4 Å². The van der Waals surface area contributed by atoms with Gasteiger partial charge in [0.1, 0.15) is 11.8 Å². The lowest BCUT2D eigenvalue weighted by Gasteiger charge is -2.30. The Bertz CT molecular complexity index is 933. The van der Waals surface area contributed by atoms with Crippen molar-refractivity contribution in [2.75, 3.05) is 15.9 Å². The fourth-order valence-corrected chi connectivity index (χ4v) is 4.45. The molecule has 0 saturated carbocycles. The van der Waals surface area contributed by atoms with Crippen molar-refractivity contribution in [3.05, 3.63) is 53.6 Å². The molecule has 0 radical (unpaired) electrons. The molecular formula is C22H30N2O4S. The molecule has 0 aliphatic carbocycles. The summed E-state index contributed by atoms with van der Waals surface area (Å²) in [6.45, 7) is 9.48. The highest BCUT2D eigenvalue weighted by molar-refractivity contribution is 7.92. The van der Waals surface area contributed by atoms with Gasteiger partial charge in [0.05, 0.1) is 18.0 Å². The smallest absolute Gasteiger partial charge is 0.248 e. The summed E-state index contributed by atoms with van der Waals surface area (Å²) in [5, 5.41) is 2.82. The normalized spacial score (nSPS) is 12.5. The minimum absolute atomic E-state index is 0.0565. The summed E-state index contributed by atoms with van der Waals surface area (Å²) in [4.78, 5) is 13.0. The highest BCUT2D eigenvalue weighted by atomic mass is 32.2. The van der Waals surface area contributed by atoms with Crippen molar-refractivity contribution in [3.8, 4) is 5.75 Å². The van der Waals surface area contributed by atoms with E-state index in [1.165, 1.54) is 4.31 Å². The van der Waals surface area contributed by atoms with Gasteiger partial charge in [-0.15, -0.1) is 0 Å². The molecule has 1 amide bonds. The van der Waals surface area contributed by atoms with Crippen molar-refractivity contribution < 1.29 is 17.9 Å². The van der Waals surface area contributed by atoms with Gasteiger partial charge in [0, 0.05) is 5.69 Å². The Hall–Kier alpha value is -2.54. The van der Waals surface area contributed by atoms with Gasteiger partial charge < -0.3 is 10.1 Å². The van der Waals surface area contributed by atoms with Crippen molar-refractivity contribution in [2.45, 2.75) is 53.2 Å². The molecule has 1 atom stereocenters. The standard InChI is InChI=1S/C22H30N2O4S/c1-7-21(22(25)23-18-8-10-20(11-9-18)28-15(2)3)24(29(6,26)27)19-13-16(4)12-17(5)14-19/h8-15,21H,7H2,1-6H3,(H,23,25)/t21-/m0/s1. The molecule has 2 aromatic carbocycles. The molecule has 1 N–H and O–H groups in total. The van der Waals surface area contributed by atoms with Gasteiger partial charge in [-0.3, -0.25) is 9.10 Å². The number of amides is 1. The van der Waals surface area contributed by atoms with E-state index in [2.05, 4.69) is 5.32 Å². The summed E-state index contributed by atoms with van der Waals surface area (Å²) in [7, 11) is -3.67. The molecule has 0 aliphatic heterocycles. The lowest BCUT2D eigenvalue weighted by molar-refractivity contribution is -0.117. The van der Waals surface area contributed by atoms with E-state index in [1.807, 2.05) is 33.8 Å². The van der Waals surface area contributed by atoms with Crippen LogP contribution >= 0.6 is 0 Å². The highest BCUT2D eigenvalue weighted by Crippen LogP contribution is 2.26. The quantitative estimate of drug-likeness (QED) is 0.694. The third-order valence-electron chi connectivity index (χ3n) is 4.28. The van der Waals surface area contributed by atoms with Gasteiger partial charge in [-0.1, -0.05) is 13.0 Å². The number of benzene rings is 2. The summed E-state index contributed by atoms with van der Waals surface area (Å²) >= 11 is 0. The second-order valence-electron chi connectivity index (χ2n) is 7.51. The van der Waals surface area contributed by atoms with Crippen LogP contribution in [0.5, 0.6) is 5.75 Å². The Balaban J connectivity index is 2.31. The first kappa shape index (κ1) is 22.7. The number of aryl methyl sites for hydroxylation is 2. The van der Waals surface area contributed by atoms with Gasteiger partial charge in [-0.05, 0) is 81.6 Å². The van der Waals surface area contributed by atoms with Gasteiger partial charge in [0.25, 0.3) is 0 Å². The number of anilines is 2. The summed E-state index contributed by atoms with van der Waals surface area (Å²) in [5.74, 6) is 0.327. The Kier molecular flexibility index (Phi) is 7.30.